The molecule has 1 aliphatic heterocycles. The smallest absolute Gasteiger partial charge is 0.122 e. The highest BCUT2D eigenvalue weighted by molar-refractivity contribution is 5.36. The molecular weight excluding hydrogens is 178 g/mol. The normalized spacial score (nSPS) is 25.3. The zero-order chi connectivity index (χ0) is 10.0. The summed E-state index contributed by atoms with van der Waals surface area (Å²) in [6, 6.07) is 7.91. The van der Waals surface area contributed by atoms with E-state index in [0.29, 0.717) is 13.0 Å². The van der Waals surface area contributed by atoms with Crippen molar-refractivity contribution in [2.75, 3.05) is 13.2 Å². The first-order valence-corrected chi connectivity index (χ1v) is 4.84. The number of aliphatic hydroxyl groups is 1. The molecule has 1 atom stereocenters. The first-order chi connectivity index (χ1) is 6.73. The summed E-state index contributed by atoms with van der Waals surface area (Å²) in [5.41, 5.74) is 6.83. The van der Waals surface area contributed by atoms with Gasteiger partial charge in [0, 0.05) is 6.61 Å². The fourth-order valence-corrected chi connectivity index (χ4v) is 1.83. The second-order valence-electron chi connectivity index (χ2n) is 3.91. The van der Waals surface area contributed by atoms with Crippen molar-refractivity contribution in [1.82, 2.24) is 0 Å². The minimum atomic E-state index is -0.400. The summed E-state index contributed by atoms with van der Waals surface area (Å²) in [7, 11) is 0. The molecule has 2 rings (SSSR count). The molecule has 0 bridgehead atoms. The molecule has 0 aliphatic carbocycles. The van der Waals surface area contributed by atoms with E-state index in [1.807, 2.05) is 24.3 Å². The van der Waals surface area contributed by atoms with E-state index < -0.39 is 5.54 Å². The molecule has 1 aromatic carbocycles. The van der Waals surface area contributed by atoms with Crippen LogP contribution >= 0.6 is 0 Å². The lowest BCUT2D eigenvalue weighted by Gasteiger charge is -2.34. The first-order valence-electron chi connectivity index (χ1n) is 4.84. The Labute approximate surface area is 83.5 Å². The zero-order valence-electron chi connectivity index (χ0n) is 8.07. The highest BCUT2D eigenvalue weighted by Crippen LogP contribution is 2.29. The SMILES string of the molecule is NC1(CCO)COc2ccccc2C1. The van der Waals surface area contributed by atoms with Gasteiger partial charge < -0.3 is 15.6 Å². The van der Waals surface area contributed by atoms with Crippen molar-refractivity contribution in [3.8, 4) is 5.75 Å². The van der Waals surface area contributed by atoms with Crippen molar-refractivity contribution >= 4 is 0 Å². The summed E-state index contributed by atoms with van der Waals surface area (Å²) < 4.78 is 5.56. The molecule has 0 aromatic heterocycles. The van der Waals surface area contributed by atoms with Gasteiger partial charge in [0.1, 0.15) is 12.4 Å². The summed E-state index contributed by atoms with van der Waals surface area (Å²) in [6.45, 7) is 0.604. The van der Waals surface area contributed by atoms with Gasteiger partial charge in [0.15, 0.2) is 0 Å². The van der Waals surface area contributed by atoms with Crippen LogP contribution in [0.15, 0.2) is 24.3 Å². The topological polar surface area (TPSA) is 55.5 Å². The van der Waals surface area contributed by atoms with Crippen LogP contribution in [0.3, 0.4) is 0 Å². The predicted octanol–water partition coefficient (Wildman–Crippen LogP) is 0.701. The average molecular weight is 193 g/mol. The van der Waals surface area contributed by atoms with Crippen molar-refractivity contribution in [2.24, 2.45) is 5.73 Å². The number of hydrogen-bond acceptors (Lipinski definition) is 3. The number of fused-ring (bicyclic) bond motifs is 1. The third kappa shape index (κ3) is 1.74. The van der Waals surface area contributed by atoms with E-state index in [1.54, 1.807) is 0 Å². The van der Waals surface area contributed by atoms with Crippen molar-refractivity contribution in [1.29, 1.82) is 0 Å². The quantitative estimate of drug-likeness (QED) is 0.727. The number of rotatable bonds is 2. The second kappa shape index (κ2) is 3.59. The van der Waals surface area contributed by atoms with Crippen molar-refractivity contribution < 1.29 is 9.84 Å². The van der Waals surface area contributed by atoms with E-state index in [1.165, 1.54) is 0 Å². The summed E-state index contributed by atoms with van der Waals surface area (Å²) in [4.78, 5) is 0. The van der Waals surface area contributed by atoms with E-state index in [2.05, 4.69) is 0 Å². The highest BCUT2D eigenvalue weighted by atomic mass is 16.5. The Hall–Kier alpha value is -1.06. The molecule has 0 amide bonds. The van der Waals surface area contributed by atoms with Gasteiger partial charge in [-0.1, -0.05) is 18.2 Å². The molecule has 14 heavy (non-hydrogen) atoms. The maximum Gasteiger partial charge on any atom is 0.122 e. The average Bonchev–Trinajstić information content (AvgIpc) is 2.17. The number of para-hydroxylation sites is 1. The van der Waals surface area contributed by atoms with Crippen LogP contribution < -0.4 is 10.5 Å². The molecule has 1 aliphatic rings. The van der Waals surface area contributed by atoms with Crippen molar-refractivity contribution in [3.63, 3.8) is 0 Å². The lowest BCUT2D eigenvalue weighted by atomic mass is 9.87. The maximum atomic E-state index is 8.90. The predicted molar refractivity (Wildman–Crippen MR) is 54.3 cm³/mol. The van der Waals surface area contributed by atoms with E-state index >= 15 is 0 Å². The number of hydrogen-bond donors (Lipinski definition) is 2. The van der Waals surface area contributed by atoms with Gasteiger partial charge >= 0.3 is 0 Å². The fourth-order valence-electron chi connectivity index (χ4n) is 1.83. The van der Waals surface area contributed by atoms with Gasteiger partial charge in [-0.3, -0.25) is 0 Å². The van der Waals surface area contributed by atoms with E-state index in [-0.39, 0.29) is 6.61 Å². The van der Waals surface area contributed by atoms with Crippen molar-refractivity contribution in [3.05, 3.63) is 29.8 Å². The Morgan fingerprint density at radius 2 is 2.21 bits per heavy atom. The van der Waals surface area contributed by atoms with Gasteiger partial charge in [-0.05, 0) is 24.5 Å². The van der Waals surface area contributed by atoms with Gasteiger partial charge in [-0.2, -0.15) is 0 Å². The van der Waals surface area contributed by atoms with Gasteiger partial charge in [0.05, 0.1) is 5.54 Å². The molecular formula is C11H15NO2. The minimum Gasteiger partial charge on any atom is -0.491 e. The molecule has 0 radical (unpaired) electrons. The molecule has 1 unspecified atom stereocenters. The monoisotopic (exact) mass is 193 g/mol. The van der Waals surface area contributed by atoms with E-state index in [4.69, 9.17) is 15.6 Å². The van der Waals surface area contributed by atoms with Gasteiger partial charge in [0.25, 0.3) is 0 Å². The van der Waals surface area contributed by atoms with Crippen LogP contribution in [0.25, 0.3) is 0 Å². The third-order valence-corrected chi connectivity index (χ3v) is 2.64. The van der Waals surface area contributed by atoms with E-state index in [9.17, 15) is 0 Å². The lowest BCUT2D eigenvalue weighted by molar-refractivity contribution is 0.152. The summed E-state index contributed by atoms with van der Waals surface area (Å²) >= 11 is 0. The summed E-state index contributed by atoms with van der Waals surface area (Å²) in [5.74, 6) is 0.923. The Morgan fingerprint density at radius 1 is 1.43 bits per heavy atom. The molecule has 3 nitrogen and oxygen atoms in total. The molecule has 1 heterocycles. The molecule has 0 fully saturated rings. The van der Waals surface area contributed by atoms with Crippen LogP contribution in [-0.4, -0.2) is 23.9 Å². The molecule has 0 spiro atoms. The molecule has 3 heteroatoms. The van der Waals surface area contributed by atoms with Gasteiger partial charge in [-0.25, -0.2) is 0 Å². The first kappa shape index (κ1) is 9.49. The number of nitrogens with two attached hydrogens (primary N) is 1. The molecule has 76 valence electrons. The Morgan fingerprint density at radius 3 is 3.00 bits per heavy atom. The van der Waals surface area contributed by atoms with Gasteiger partial charge in [-0.15, -0.1) is 0 Å². The highest BCUT2D eigenvalue weighted by Gasteiger charge is 2.31. The Kier molecular flexibility index (Phi) is 2.44. The zero-order valence-corrected chi connectivity index (χ0v) is 8.07. The van der Waals surface area contributed by atoms with Crippen LogP contribution in [0.1, 0.15) is 12.0 Å². The number of ether oxygens (including phenoxy) is 1. The summed E-state index contributed by atoms with van der Waals surface area (Å²) in [6.07, 6.45) is 1.37. The van der Waals surface area contributed by atoms with Crippen LogP contribution in [0.5, 0.6) is 5.75 Å². The largest absolute Gasteiger partial charge is 0.491 e. The van der Waals surface area contributed by atoms with Crippen LogP contribution in [0.2, 0.25) is 0 Å². The minimum absolute atomic E-state index is 0.113. The van der Waals surface area contributed by atoms with Crippen LogP contribution in [0.4, 0.5) is 0 Å². The molecule has 1 aromatic rings. The number of benzene rings is 1. The third-order valence-electron chi connectivity index (χ3n) is 2.64. The molecule has 0 saturated carbocycles. The van der Waals surface area contributed by atoms with E-state index in [0.717, 1.165) is 17.7 Å². The second-order valence-corrected chi connectivity index (χ2v) is 3.91. The standard InChI is InChI=1S/C11H15NO2/c12-11(5-6-13)7-9-3-1-2-4-10(9)14-8-11/h1-4,13H,5-8,12H2. The Bertz CT molecular complexity index is 327. The fraction of sp³-hybridized carbons (Fsp3) is 0.455. The van der Waals surface area contributed by atoms with Gasteiger partial charge in [0.2, 0.25) is 0 Å². The maximum absolute atomic E-state index is 8.90. The van der Waals surface area contributed by atoms with Crippen LogP contribution in [0, 0.1) is 0 Å². The number of aliphatic hydroxyl groups excluding tert-OH is 1. The lowest BCUT2D eigenvalue weighted by Crippen LogP contribution is -2.50. The summed E-state index contributed by atoms with van der Waals surface area (Å²) in [5, 5.41) is 8.90. The molecule has 0 saturated heterocycles. The Balaban J connectivity index is 2.20. The molecule has 3 N–H and O–H groups in total. The van der Waals surface area contributed by atoms with Crippen LogP contribution in [-0.2, 0) is 6.42 Å². The van der Waals surface area contributed by atoms with Crippen molar-refractivity contribution in [2.45, 2.75) is 18.4 Å².